The summed E-state index contributed by atoms with van der Waals surface area (Å²) in [6, 6.07) is 0. The van der Waals surface area contributed by atoms with Crippen LogP contribution < -0.4 is 0 Å². The topological polar surface area (TPSA) is 0 Å². The second-order valence-corrected chi connectivity index (χ2v) is 4.58. The Morgan fingerprint density at radius 2 is 1.46 bits per heavy atom. The van der Waals surface area contributed by atoms with Gasteiger partial charge in [0.1, 0.15) is 0 Å². The molecule has 0 unspecified atom stereocenters. The number of halogens is 1. The Labute approximate surface area is 97.3 Å². The number of hydrogen-bond donors (Lipinski definition) is 0. The van der Waals surface area contributed by atoms with Crippen LogP contribution >= 0.6 is 22.6 Å². The molecule has 1 heteroatoms. The molecule has 0 spiro atoms. The molecule has 0 aliphatic heterocycles. The molecule has 0 saturated heterocycles. The minimum absolute atomic E-state index is 1.29. The van der Waals surface area contributed by atoms with Crippen molar-refractivity contribution in [3.8, 4) is 0 Å². The number of rotatable bonds is 9. The minimum Gasteiger partial charge on any atom is -0.0885 e. The summed E-state index contributed by atoms with van der Waals surface area (Å²) in [7, 11) is 0. The predicted molar refractivity (Wildman–Crippen MR) is 70.6 cm³/mol. The Hall–Kier alpha value is 0.470. The molecule has 0 aromatic carbocycles. The van der Waals surface area contributed by atoms with E-state index in [0.29, 0.717) is 0 Å². The van der Waals surface area contributed by atoms with Crippen LogP contribution in [0.4, 0.5) is 0 Å². The van der Waals surface area contributed by atoms with E-state index < -0.39 is 0 Å². The summed E-state index contributed by atoms with van der Waals surface area (Å²) in [5.41, 5.74) is 0. The van der Waals surface area contributed by atoms with E-state index >= 15 is 0 Å². The summed E-state index contributed by atoms with van der Waals surface area (Å²) in [6.07, 6.45) is 15.6. The van der Waals surface area contributed by atoms with Crippen molar-refractivity contribution in [1.82, 2.24) is 0 Å². The fourth-order valence-corrected chi connectivity index (χ4v) is 1.82. The Morgan fingerprint density at radius 1 is 0.846 bits per heavy atom. The van der Waals surface area contributed by atoms with Gasteiger partial charge in [0, 0.05) is 0 Å². The van der Waals surface area contributed by atoms with Crippen molar-refractivity contribution >= 4 is 22.6 Å². The van der Waals surface area contributed by atoms with E-state index in [1.807, 2.05) is 0 Å². The van der Waals surface area contributed by atoms with Crippen molar-refractivity contribution in [2.24, 2.45) is 0 Å². The smallest absolute Gasteiger partial charge is 0.000462 e. The highest BCUT2D eigenvalue weighted by Crippen LogP contribution is 2.04. The van der Waals surface area contributed by atoms with E-state index in [4.69, 9.17) is 0 Å². The molecule has 0 nitrogen and oxygen atoms in total. The Kier molecular flexibility index (Phi) is 12.9. The summed E-state index contributed by atoms with van der Waals surface area (Å²) in [4.78, 5) is 0. The quantitative estimate of drug-likeness (QED) is 0.240. The predicted octanol–water partition coefficient (Wildman–Crippen LogP) is 5.12. The third-order valence-corrected chi connectivity index (χ3v) is 2.91. The molecule has 78 valence electrons. The lowest BCUT2D eigenvalue weighted by molar-refractivity contribution is 0.673. The van der Waals surface area contributed by atoms with Gasteiger partial charge in [0.05, 0.1) is 0 Å². The number of unbranched alkanes of at least 4 members (excludes halogenated alkanes) is 6. The highest BCUT2D eigenvalue weighted by Gasteiger charge is 1.85. The van der Waals surface area contributed by atoms with Crippen LogP contribution in [-0.2, 0) is 0 Å². The maximum Gasteiger partial charge on any atom is -0.000462 e. The summed E-state index contributed by atoms with van der Waals surface area (Å²) in [6.45, 7) is 2.26. The molecule has 0 aliphatic rings. The molecule has 0 saturated carbocycles. The van der Waals surface area contributed by atoms with Crippen LogP contribution in [0.25, 0.3) is 0 Å². The minimum atomic E-state index is 1.29. The first-order valence-electron chi connectivity index (χ1n) is 5.62. The molecule has 0 aromatic heterocycles. The van der Waals surface area contributed by atoms with Gasteiger partial charge in [-0.1, -0.05) is 60.9 Å². The number of hydrogen-bond acceptors (Lipinski definition) is 0. The standard InChI is InChI=1S/C12H23I/c1-2-3-4-5-6-7-8-9-10-11-12-13/h7-8H,2-6,9-12H2,1H3/b8-7-. The van der Waals surface area contributed by atoms with E-state index in [9.17, 15) is 0 Å². The second kappa shape index (κ2) is 12.5. The third kappa shape index (κ3) is 12.5. The molecule has 0 radical (unpaired) electrons. The Bertz CT molecular complexity index is 108. The van der Waals surface area contributed by atoms with Crippen LogP contribution in [-0.4, -0.2) is 4.43 Å². The maximum absolute atomic E-state index is 2.45. The molecule has 0 aliphatic carbocycles. The first-order chi connectivity index (χ1) is 6.41. The van der Waals surface area contributed by atoms with E-state index in [0.717, 1.165) is 0 Å². The molecule has 0 heterocycles. The molecule has 0 rings (SSSR count). The van der Waals surface area contributed by atoms with Gasteiger partial charge >= 0.3 is 0 Å². The largest absolute Gasteiger partial charge is 0.0885 e. The highest BCUT2D eigenvalue weighted by atomic mass is 127. The van der Waals surface area contributed by atoms with Crippen LogP contribution in [0.1, 0.15) is 58.3 Å². The van der Waals surface area contributed by atoms with Crippen molar-refractivity contribution in [3.05, 3.63) is 12.2 Å². The van der Waals surface area contributed by atoms with Crippen molar-refractivity contribution < 1.29 is 0 Å². The van der Waals surface area contributed by atoms with Crippen molar-refractivity contribution in [2.45, 2.75) is 58.3 Å². The zero-order valence-corrected chi connectivity index (χ0v) is 11.1. The first-order valence-corrected chi connectivity index (χ1v) is 7.15. The molecule has 0 bridgehead atoms. The van der Waals surface area contributed by atoms with E-state index in [2.05, 4.69) is 41.7 Å². The van der Waals surface area contributed by atoms with Gasteiger partial charge in [-0.25, -0.2) is 0 Å². The van der Waals surface area contributed by atoms with Crippen molar-refractivity contribution in [3.63, 3.8) is 0 Å². The van der Waals surface area contributed by atoms with Crippen molar-refractivity contribution in [1.29, 1.82) is 0 Å². The van der Waals surface area contributed by atoms with Crippen LogP contribution in [0.2, 0.25) is 0 Å². The molecule has 13 heavy (non-hydrogen) atoms. The summed E-state index contributed by atoms with van der Waals surface area (Å²) >= 11 is 2.45. The van der Waals surface area contributed by atoms with Gasteiger partial charge in [-0.2, -0.15) is 0 Å². The van der Waals surface area contributed by atoms with Crippen LogP contribution in [0, 0.1) is 0 Å². The van der Waals surface area contributed by atoms with Gasteiger partial charge < -0.3 is 0 Å². The Morgan fingerprint density at radius 3 is 2.00 bits per heavy atom. The molecule has 0 amide bonds. The van der Waals surface area contributed by atoms with Crippen LogP contribution in [0.15, 0.2) is 12.2 Å². The zero-order chi connectivity index (χ0) is 9.78. The summed E-state index contributed by atoms with van der Waals surface area (Å²) < 4.78 is 1.31. The zero-order valence-electron chi connectivity index (χ0n) is 8.90. The molecular weight excluding hydrogens is 271 g/mol. The average molecular weight is 294 g/mol. The summed E-state index contributed by atoms with van der Waals surface area (Å²) in [5, 5.41) is 0. The molecule has 0 N–H and O–H groups in total. The van der Waals surface area contributed by atoms with Gasteiger partial charge in [-0.15, -0.1) is 0 Å². The average Bonchev–Trinajstić information content (AvgIpc) is 2.16. The lowest BCUT2D eigenvalue weighted by atomic mass is 10.1. The molecular formula is C12H23I. The third-order valence-electron chi connectivity index (χ3n) is 2.15. The second-order valence-electron chi connectivity index (χ2n) is 3.51. The van der Waals surface area contributed by atoms with E-state index in [-0.39, 0.29) is 0 Å². The fourth-order valence-electron chi connectivity index (χ4n) is 1.28. The van der Waals surface area contributed by atoms with Gasteiger partial charge in [0.15, 0.2) is 0 Å². The fraction of sp³-hybridized carbons (Fsp3) is 0.833. The van der Waals surface area contributed by atoms with Gasteiger partial charge in [0.2, 0.25) is 0 Å². The van der Waals surface area contributed by atoms with Crippen LogP contribution in [0.3, 0.4) is 0 Å². The van der Waals surface area contributed by atoms with Gasteiger partial charge in [0.25, 0.3) is 0 Å². The Balaban J connectivity index is 2.95. The molecule has 0 fully saturated rings. The monoisotopic (exact) mass is 294 g/mol. The first kappa shape index (κ1) is 13.5. The van der Waals surface area contributed by atoms with Crippen LogP contribution in [0.5, 0.6) is 0 Å². The van der Waals surface area contributed by atoms with Gasteiger partial charge in [-0.3, -0.25) is 0 Å². The summed E-state index contributed by atoms with van der Waals surface area (Å²) in [5.74, 6) is 0. The highest BCUT2D eigenvalue weighted by molar-refractivity contribution is 14.1. The molecule has 0 aromatic rings. The van der Waals surface area contributed by atoms with E-state index in [1.165, 1.54) is 55.8 Å². The SMILES string of the molecule is CCCCCC/C=C\CCCCI. The van der Waals surface area contributed by atoms with Gasteiger partial charge in [-0.05, 0) is 36.5 Å². The van der Waals surface area contributed by atoms with E-state index in [1.54, 1.807) is 0 Å². The lowest BCUT2D eigenvalue weighted by Gasteiger charge is -1.94. The number of alkyl halides is 1. The lowest BCUT2D eigenvalue weighted by Crippen LogP contribution is -1.75. The number of allylic oxidation sites excluding steroid dienone is 2. The normalized spacial score (nSPS) is 11.2. The maximum atomic E-state index is 2.45. The van der Waals surface area contributed by atoms with Crippen molar-refractivity contribution in [2.75, 3.05) is 4.43 Å². The molecule has 0 atom stereocenters.